The molecule has 1 aliphatic rings. The van der Waals surface area contributed by atoms with Gasteiger partial charge >= 0.3 is 0 Å². The summed E-state index contributed by atoms with van der Waals surface area (Å²) in [5.41, 5.74) is 2.64. The van der Waals surface area contributed by atoms with Crippen LogP contribution in [0, 0.1) is 12.8 Å². The van der Waals surface area contributed by atoms with Gasteiger partial charge in [-0.05, 0) is 24.0 Å². The molecule has 1 nitrogen and oxygen atoms in total. The molecular formula is C12H16O. The highest BCUT2D eigenvalue weighted by Gasteiger charge is 2.25. The van der Waals surface area contributed by atoms with Gasteiger partial charge in [-0.25, -0.2) is 0 Å². The van der Waals surface area contributed by atoms with Gasteiger partial charge in [0.05, 0.1) is 0 Å². The molecule has 0 aromatic heterocycles. The molecule has 0 amide bonds. The smallest absolute Gasteiger partial charge is 0.125 e. The lowest BCUT2D eigenvalue weighted by atomic mass is 10.0. The molecular weight excluding hydrogens is 160 g/mol. The molecule has 70 valence electrons. The number of hydrogen-bond donors (Lipinski definition) is 0. The SMILES string of the molecule is Cc1cccc2c1OC(C(C)C)C2. The molecule has 0 fully saturated rings. The highest BCUT2D eigenvalue weighted by atomic mass is 16.5. The Labute approximate surface area is 79.7 Å². The average Bonchev–Trinajstić information content (AvgIpc) is 2.49. The van der Waals surface area contributed by atoms with Crippen LogP contribution in [-0.2, 0) is 6.42 Å². The Bertz CT molecular complexity index is 315. The van der Waals surface area contributed by atoms with Crippen LogP contribution in [0.25, 0.3) is 0 Å². The van der Waals surface area contributed by atoms with E-state index >= 15 is 0 Å². The first-order valence-electron chi connectivity index (χ1n) is 4.93. The summed E-state index contributed by atoms with van der Waals surface area (Å²) in [6.45, 7) is 6.54. The minimum atomic E-state index is 0.385. The summed E-state index contributed by atoms with van der Waals surface area (Å²) in [5.74, 6) is 1.73. The maximum atomic E-state index is 5.90. The maximum Gasteiger partial charge on any atom is 0.125 e. The Kier molecular flexibility index (Phi) is 2.03. The van der Waals surface area contributed by atoms with Crippen molar-refractivity contribution >= 4 is 0 Å². The topological polar surface area (TPSA) is 9.23 Å². The van der Waals surface area contributed by atoms with Gasteiger partial charge in [-0.2, -0.15) is 0 Å². The Balaban J connectivity index is 2.30. The first-order valence-corrected chi connectivity index (χ1v) is 4.93. The largest absolute Gasteiger partial charge is 0.489 e. The Morgan fingerprint density at radius 2 is 2.15 bits per heavy atom. The molecule has 0 bridgehead atoms. The van der Waals surface area contributed by atoms with E-state index in [9.17, 15) is 0 Å². The quantitative estimate of drug-likeness (QED) is 0.639. The van der Waals surface area contributed by atoms with Crippen molar-refractivity contribution in [2.75, 3.05) is 0 Å². The third kappa shape index (κ3) is 1.43. The van der Waals surface area contributed by atoms with E-state index in [-0.39, 0.29) is 0 Å². The minimum Gasteiger partial charge on any atom is -0.489 e. The number of para-hydroxylation sites is 1. The first-order chi connectivity index (χ1) is 6.18. The van der Waals surface area contributed by atoms with Gasteiger partial charge in [-0.3, -0.25) is 0 Å². The van der Waals surface area contributed by atoms with E-state index in [4.69, 9.17) is 4.74 Å². The zero-order chi connectivity index (χ0) is 9.42. The van der Waals surface area contributed by atoms with Crippen LogP contribution in [-0.4, -0.2) is 6.10 Å². The van der Waals surface area contributed by atoms with Crippen LogP contribution >= 0.6 is 0 Å². The number of benzene rings is 1. The van der Waals surface area contributed by atoms with Crippen LogP contribution in [0.1, 0.15) is 25.0 Å². The molecule has 1 unspecified atom stereocenters. The van der Waals surface area contributed by atoms with Crippen molar-refractivity contribution in [3.8, 4) is 5.75 Å². The van der Waals surface area contributed by atoms with E-state index in [2.05, 4.69) is 39.0 Å². The molecule has 0 N–H and O–H groups in total. The summed E-state index contributed by atoms with van der Waals surface area (Å²) in [7, 11) is 0. The van der Waals surface area contributed by atoms with Gasteiger partial charge in [0.2, 0.25) is 0 Å². The van der Waals surface area contributed by atoms with Crippen molar-refractivity contribution in [3.63, 3.8) is 0 Å². The summed E-state index contributed by atoms with van der Waals surface area (Å²) < 4.78 is 5.90. The van der Waals surface area contributed by atoms with Crippen molar-refractivity contribution in [2.24, 2.45) is 5.92 Å². The third-order valence-electron chi connectivity index (χ3n) is 2.73. The van der Waals surface area contributed by atoms with E-state index in [1.54, 1.807) is 0 Å². The summed E-state index contributed by atoms with van der Waals surface area (Å²) in [5, 5.41) is 0. The molecule has 1 heteroatoms. The summed E-state index contributed by atoms with van der Waals surface area (Å²) in [4.78, 5) is 0. The predicted octanol–water partition coefficient (Wildman–Crippen LogP) is 2.95. The Hall–Kier alpha value is -0.980. The summed E-state index contributed by atoms with van der Waals surface area (Å²) >= 11 is 0. The van der Waals surface area contributed by atoms with Crippen LogP contribution in [0.3, 0.4) is 0 Å². The van der Waals surface area contributed by atoms with Gasteiger partial charge in [0, 0.05) is 6.42 Å². The maximum absolute atomic E-state index is 5.90. The average molecular weight is 176 g/mol. The molecule has 0 radical (unpaired) electrons. The fraction of sp³-hybridized carbons (Fsp3) is 0.500. The zero-order valence-electron chi connectivity index (χ0n) is 8.50. The molecule has 0 aliphatic carbocycles. The Morgan fingerprint density at radius 1 is 1.38 bits per heavy atom. The molecule has 0 saturated heterocycles. The highest BCUT2D eigenvalue weighted by Crippen LogP contribution is 2.34. The van der Waals surface area contributed by atoms with E-state index in [1.807, 2.05) is 0 Å². The lowest BCUT2D eigenvalue weighted by Gasteiger charge is -2.14. The molecule has 1 aromatic rings. The van der Waals surface area contributed by atoms with Crippen molar-refractivity contribution in [1.82, 2.24) is 0 Å². The minimum absolute atomic E-state index is 0.385. The molecule has 1 heterocycles. The monoisotopic (exact) mass is 176 g/mol. The molecule has 0 spiro atoms. The number of ether oxygens (including phenoxy) is 1. The lowest BCUT2D eigenvalue weighted by Crippen LogP contribution is -2.19. The van der Waals surface area contributed by atoms with Crippen LogP contribution < -0.4 is 4.74 Å². The van der Waals surface area contributed by atoms with Gasteiger partial charge in [-0.15, -0.1) is 0 Å². The number of hydrogen-bond acceptors (Lipinski definition) is 1. The first kappa shape index (κ1) is 8.61. The van der Waals surface area contributed by atoms with E-state index in [0.29, 0.717) is 12.0 Å². The molecule has 2 rings (SSSR count). The van der Waals surface area contributed by atoms with Crippen molar-refractivity contribution in [2.45, 2.75) is 33.3 Å². The van der Waals surface area contributed by atoms with Crippen LogP contribution in [0.5, 0.6) is 5.75 Å². The van der Waals surface area contributed by atoms with Crippen LogP contribution in [0.15, 0.2) is 18.2 Å². The normalized spacial score (nSPS) is 20.2. The van der Waals surface area contributed by atoms with Gasteiger partial charge in [0.15, 0.2) is 0 Å². The van der Waals surface area contributed by atoms with E-state index in [1.165, 1.54) is 11.1 Å². The number of rotatable bonds is 1. The molecule has 0 saturated carbocycles. The zero-order valence-corrected chi connectivity index (χ0v) is 8.50. The number of fused-ring (bicyclic) bond motifs is 1. The van der Waals surface area contributed by atoms with Gasteiger partial charge in [0.1, 0.15) is 11.9 Å². The standard InChI is InChI=1S/C12H16O/c1-8(2)11-7-10-6-4-5-9(3)12(10)13-11/h4-6,8,11H,7H2,1-3H3. The molecule has 1 aliphatic heterocycles. The Morgan fingerprint density at radius 3 is 2.77 bits per heavy atom. The molecule has 1 aromatic carbocycles. The second-order valence-corrected chi connectivity index (χ2v) is 4.17. The fourth-order valence-electron chi connectivity index (χ4n) is 1.82. The lowest BCUT2D eigenvalue weighted by molar-refractivity contribution is 0.178. The summed E-state index contributed by atoms with van der Waals surface area (Å²) in [6, 6.07) is 6.40. The van der Waals surface area contributed by atoms with Crippen molar-refractivity contribution in [3.05, 3.63) is 29.3 Å². The summed E-state index contributed by atoms with van der Waals surface area (Å²) in [6.07, 6.45) is 1.46. The van der Waals surface area contributed by atoms with Gasteiger partial charge in [-0.1, -0.05) is 32.0 Å². The second kappa shape index (κ2) is 3.06. The van der Waals surface area contributed by atoms with E-state index < -0.39 is 0 Å². The van der Waals surface area contributed by atoms with Gasteiger partial charge < -0.3 is 4.74 Å². The molecule has 1 atom stereocenters. The molecule has 13 heavy (non-hydrogen) atoms. The fourth-order valence-corrected chi connectivity index (χ4v) is 1.82. The van der Waals surface area contributed by atoms with Crippen LogP contribution in [0.2, 0.25) is 0 Å². The second-order valence-electron chi connectivity index (χ2n) is 4.17. The predicted molar refractivity (Wildman–Crippen MR) is 54.1 cm³/mol. The van der Waals surface area contributed by atoms with Crippen LogP contribution in [0.4, 0.5) is 0 Å². The van der Waals surface area contributed by atoms with Crippen molar-refractivity contribution in [1.29, 1.82) is 0 Å². The van der Waals surface area contributed by atoms with Crippen molar-refractivity contribution < 1.29 is 4.74 Å². The number of aryl methyl sites for hydroxylation is 1. The van der Waals surface area contributed by atoms with Gasteiger partial charge in [0.25, 0.3) is 0 Å². The third-order valence-corrected chi connectivity index (χ3v) is 2.73. The highest BCUT2D eigenvalue weighted by molar-refractivity contribution is 5.43. The van der Waals surface area contributed by atoms with E-state index in [0.717, 1.165) is 12.2 Å².